The molecule has 1 aliphatic rings. The minimum atomic E-state index is -1.14. The summed E-state index contributed by atoms with van der Waals surface area (Å²) in [6, 6.07) is 0. The van der Waals surface area contributed by atoms with Crippen molar-refractivity contribution in [3.63, 3.8) is 0 Å². The summed E-state index contributed by atoms with van der Waals surface area (Å²) in [6.07, 6.45) is 5.59. The minimum absolute atomic E-state index is 0.136. The van der Waals surface area contributed by atoms with Gasteiger partial charge in [-0.05, 0) is 33.6 Å². The van der Waals surface area contributed by atoms with E-state index >= 15 is 0 Å². The SMILES string of the molecule is CCOC(=O)C(C)(C)C(=O)C1(OC)CCCCCC1. The van der Waals surface area contributed by atoms with Gasteiger partial charge in [0, 0.05) is 7.11 Å². The molecule has 0 unspecified atom stereocenters. The zero-order chi connectivity index (χ0) is 14.5. The molecule has 0 N–H and O–H groups in total. The number of carbonyl (C=O) groups excluding carboxylic acids is 2. The number of hydrogen-bond donors (Lipinski definition) is 0. The van der Waals surface area contributed by atoms with E-state index in [1.165, 1.54) is 0 Å². The maximum Gasteiger partial charge on any atom is 0.319 e. The lowest BCUT2D eigenvalue weighted by Crippen LogP contribution is -2.51. The van der Waals surface area contributed by atoms with Crippen LogP contribution in [0, 0.1) is 5.41 Å². The fourth-order valence-electron chi connectivity index (χ4n) is 2.80. The lowest BCUT2D eigenvalue weighted by molar-refractivity contribution is -0.168. The van der Waals surface area contributed by atoms with Crippen LogP contribution in [-0.4, -0.2) is 31.1 Å². The third kappa shape index (κ3) is 3.35. The van der Waals surface area contributed by atoms with Gasteiger partial charge in [0.2, 0.25) is 0 Å². The number of methoxy groups -OCH3 is 1. The molecule has 19 heavy (non-hydrogen) atoms. The Hall–Kier alpha value is -0.900. The van der Waals surface area contributed by atoms with Gasteiger partial charge in [-0.25, -0.2) is 0 Å². The molecule has 1 fully saturated rings. The molecule has 0 amide bonds. The van der Waals surface area contributed by atoms with E-state index in [0.717, 1.165) is 25.7 Å². The average Bonchev–Trinajstić information content (AvgIpc) is 2.64. The van der Waals surface area contributed by atoms with Crippen molar-refractivity contribution >= 4 is 11.8 Å². The first-order valence-electron chi connectivity index (χ1n) is 7.18. The zero-order valence-corrected chi connectivity index (χ0v) is 12.6. The van der Waals surface area contributed by atoms with E-state index in [2.05, 4.69) is 0 Å². The Morgan fingerprint density at radius 3 is 2.05 bits per heavy atom. The van der Waals surface area contributed by atoms with E-state index in [9.17, 15) is 9.59 Å². The van der Waals surface area contributed by atoms with E-state index in [4.69, 9.17) is 9.47 Å². The molecule has 1 rings (SSSR count). The topological polar surface area (TPSA) is 52.6 Å². The van der Waals surface area contributed by atoms with Crippen molar-refractivity contribution in [3.8, 4) is 0 Å². The van der Waals surface area contributed by atoms with Gasteiger partial charge >= 0.3 is 5.97 Å². The number of hydrogen-bond acceptors (Lipinski definition) is 4. The van der Waals surface area contributed by atoms with Crippen molar-refractivity contribution in [3.05, 3.63) is 0 Å². The summed E-state index contributed by atoms with van der Waals surface area (Å²) >= 11 is 0. The smallest absolute Gasteiger partial charge is 0.319 e. The summed E-state index contributed by atoms with van der Waals surface area (Å²) < 4.78 is 10.6. The summed E-state index contributed by atoms with van der Waals surface area (Å²) in [5, 5.41) is 0. The summed E-state index contributed by atoms with van der Waals surface area (Å²) in [6.45, 7) is 5.31. The largest absolute Gasteiger partial charge is 0.465 e. The summed E-state index contributed by atoms with van der Waals surface area (Å²) in [5.74, 6) is -0.594. The van der Waals surface area contributed by atoms with Crippen molar-refractivity contribution in [1.82, 2.24) is 0 Å². The highest BCUT2D eigenvalue weighted by atomic mass is 16.5. The summed E-state index contributed by atoms with van der Waals surface area (Å²) in [5.41, 5.74) is -1.96. The number of Topliss-reactive ketones (excluding diaryl/α,β-unsaturated/α-hetero) is 1. The standard InChI is InChI=1S/C15H26O4/c1-5-19-13(17)14(2,3)12(16)15(18-4)10-8-6-7-9-11-15/h5-11H2,1-4H3. The molecule has 0 heterocycles. The first kappa shape index (κ1) is 16.2. The van der Waals surface area contributed by atoms with Crippen LogP contribution in [0.4, 0.5) is 0 Å². The monoisotopic (exact) mass is 270 g/mol. The Labute approximate surface area is 115 Å². The van der Waals surface area contributed by atoms with Crippen molar-refractivity contribution in [2.24, 2.45) is 5.41 Å². The second kappa shape index (κ2) is 6.51. The van der Waals surface area contributed by atoms with Crippen LogP contribution in [0.3, 0.4) is 0 Å². The molecule has 0 spiro atoms. The van der Waals surface area contributed by atoms with Crippen molar-refractivity contribution in [2.45, 2.75) is 64.9 Å². The number of rotatable bonds is 5. The van der Waals surface area contributed by atoms with Gasteiger partial charge in [0.05, 0.1) is 6.61 Å². The van der Waals surface area contributed by atoms with Gasteiger partial charge in [-0.1, -0.05) is 25.7 Å². The molecule has 0 bridgehead atoms. The lowest BCUT2D eigenvalue weighted by Gasteiger charge is -2.35. The summed E-state index contributed by atoms with van der Waals surface area (Å²) in [4.78, 5) is 24.8. The van der Waals surface area contributed by atoms with Crippen LogP contribution in [0.25, 0.3) is 0 Å². The van der Waals surface area contributed by atoms with Gasteiger partial charge in [-0.2, -0.15) is 0 Å². The van der Waals surface area contributed by atoms with Gasteiger partial charge in [0.25, 0.3) is 0 Å². The van der Waals surface area contributed by atoms with Gasteiger partial charge < -0.3 is 9.47 Å². The molecule has 4 nitrogen and oxygen atoms in total. The maximum absolute atomic E-state index is 12.8. The minimum Gasteiger partial charge on any atom is -0.465 e. The van der Waals surface area contributed by atoms with E-state index < -0.39 is 17.0 Å². The van der Waals surface area contributed by atoms with E-state index in [0.29, 0.717) is 12.8 Å². The van der Waals surface area contributed by atoms with Crippen LogP contribution in [0.5, 0.6) is 0 Å². The van der Waals surface area contributed by atoms with Gasteiger partial charge in [-0.3, -0.25) is 9.59 Å². The number of esters is 1. The van der Waals surface area contributed by atoms with Crippen LogP contribution < -0.4 is 0 Å². The first-order valence-corrected chi connectivity index (χ1v) is 7.18. The fourth-order valence-corrected chi connectivity index (χ4v) is 2.80. The third-order valence-electron chi connectivity index (χ3n) is 4.07. The quantitative estimate of drug-likeness (QED) is 0.438. The molecular formula is C15H26O4. The molecule has 0 atom stereocenters. The number of ether oxygens (including phenoxy) is 2. The molecule has 0 saturated heterocycles. The van der Waals surface area contributed by atoms with Crippen molar-refractivity contribution in [2.75, 3.05) is 13.7 Å². The average molecular weight is 270 g/mol. The van der Waals surface area contributed by atoms with E-state index in [1.54, 1.807) is 27.9 Å². The van der Waals surface area contributed by atoms with Gasteiger partial charge in [0.15, 0.2) is 5.78 Å². The van der Waals surface area contributed by atoms with Crippen LogP contribution in [0.15, 0.2) is 0 Å². The highest BCUT2D eigenvalue weighted by Crippen LogP contribution is 2.37. The highest BCUT2D eigenvalue weighted by molar-refractivity contribution is 6.07. The molecule has 110 valence electrons. The van der Waals surface area contributed by atoms with Crippen LogP contribution in [0.1, 0.15) is 59.3 Å². The van der Waals surface area contributed by atoms with Crippen molar-refractivity contribution in [1.29, 1.82) is 0 Å². The molecule has 0 aromatic carbocycles. The molecular weight excluding hydrogens is 244 g/mol. The van der Waals surface area contributed by atoms with Gasteiger partial charge in [-0.15, -0.1) is 0 Å². The van der Waals surface area contributed by atoms with Crippen LogP contribution >= 0.6 is 0 Å². The van der Waals surface area contributed by atoms with Crippen molar-refractivity contribution < 1.29 is 19.1 Å². The molecule has 0 aromatic heterocycles. The Kier molecular flexibility index (Phi) is 5.53. The van der Waals surface area contributed by atoms with Crippen LogP contribution in [-0.2, 0) is 19.1 Å². The van der Waals surface area contributed by atoms with E-state index in [-0.39, 0.29) is 12.4 Å². The molecule has 0 radical (unpaired) electrons. The summed E-state index contributed by atoms with van der Waals surface area (Å²) in [7, 11) is 1.57. The number of carbonyl (C=O) groups is 2. The Balaban J connectivity index is 2.96. The highest BCUT2D eigenvalue weighted by Gasteiger charge is 2.50. The predicted molar refractivity (Wildman–Crippen MR) is 72.9 cm³/mol. The zero-order valence-electron chi connectivity index (χ0n) is 12.6. The Bertz CT molecular complexity index is 325. The third-order valence-corrected chi connectivity index (χ3v) is 4.07. The Morgan fingerprint density at radius 1 is 1.11 bits per heavy atom. The molecule has 1 saturated carbocycles. The van der Waals surface area contributed by atoms with Crippen LogP contribution in [0.2, 0.25) is 0 Å². The van der Waals surface area contributed by atoms with Gasteiger partial charge in [0.1, 0.15) is 11.0 Å². The molecule has 1 aliphatic carbocycles. The maximum atomic E-state index is 12.8. The predicted octanol–water partition coefficient (Wildman–Crippen LogP) is 2.88. The first-order chi connectivity index (χ1) is 8.90. The molecule has 4 heteroatoms. The molecule has 0 aromatic rings. The fraction of sp³-hybridized carbons (Fsp3) is 0.867. The second-order valence-electron chi connectivity index (χ2n) is 5.79. The lowest BCUT2D eigenvalue weighted by atomic mass is 9.75. The Morgan fingerprint density at radius 2 is 1.63 bits per heavy atom. The molecule has 0 aliphatic heterocycles. The second-order valence-corrected chi connectivity index (χ2v) is 5.79. The van der Waals surface area contributed by atoms with E-state index in [1.807, 2.05) is 0 Å². The number of ketones is 1. The normalized spacial score (nSPS) is 19.6.